The van der Waals surface area contributed by atoms with Gasteiger partial charge < -0.3 is 19.5 Å². The zero-order chi connectivity index (χ0) is 20.5. The number of hydrogen-bond acceptors (Lipinski definition) is 7. The molecule has 0 fully saturated rings. The molecule has 9 heteroatoms. The normalized spacial score (nSPS) is 10.1. The van der Waals surface area contributed by atoms with Crippen LogP contribution in [0, 0.1) is 10.1 Å². The van der Waals surface area contributed by atoms with E-state index in [1.165, 1.54) is 36.4 Å². The summed E-state index contributed by atoms with van der Waals surface area (Å²) in [5.41, 5.74) is 0.478. The number of nitrogens with zero attached hydrogens (tertiary/aromatic N) is 1. The first-order valence-corrected chi connectivity index (χ1v) is 8.55. The van der Waals surface area contributed by atoms with Gasteiger partial charge in [0.1, 0.15) is 0 Å². The van der Waals surface area contributed by atoms with Crippen LogP contribution in [0.1, 0.15) is 24.2 Å². The fourth-order valence-electron chi connectivity index (χ4n) is 2.26. The van der Waals surface area contributed by atoms with Gasteiger partial charge in [0.15, 0.2) is 18.1 Å². The second-order valence-corrected chi connectivity index (χ2v) is 5.46. The third-order valence-corrected chi connectivity index (χ3v) is 3.48. The lowest BCUT2D eigenvalue weighted by molar-refractivity contribution is -0.384. The predicted octanol–water partition coefficient (Wildman–Crippen LogP) is 3.19. The molecule has 1 N–H and O–H groups in total. The van der Waals surface area contributed by atoms with Crippen molar-refractivity contribution in [3.8, 4) is 11.5 Å². The van der Waals surface area contributed by atoms with Crippen molar-refractivity contribution in [2.24, 2.45) is 0 Å². The van der Waals surface area contributed by atoms with Crippen LogP contribution in [-0.2, 0) is 9.53 Å². The number of carbonyl (C=O) groups is 2. The van der Waals surface area contributed by atoms with Gasteiger partial charge in [0, 0.05) is 17.8 Å². The highest BCUT2D eigenvalue weighted by Crippen LogP contribution is 2.28. The van der Waals surface area contributed by atoms with E-state index in [4.69, 9.17) is 14.2 Å². The molecule has 0 atom stereocenters. The van der Waals surface area contributed by atoms with E-state index in [1.807, 2.05) is 13.8 Å². The number of nitro groups is 1. The molecule has 0 aliphatic rings. The lowest BCUT2D eigenvalue weighted by atomic mass is 10.2. The van der Waals surface area contributed by atoms with Crippen molar-refractivity contribution in [1.29, 1.82) is 0 Å². The summed E-state index contributed by atoms with van der Waals surface area (Å²) < 4.78 is 15.9. The van der Waals surface area contributed by atoms with Gasteiger partial charge >= 0.3 is 5.97 Å². The predicted molar refractivity (Wildman–Crippen MR) is 101 cm³/mol. The molecule has 2 aromatic rings. The largest absolute Gasteiger partial charge is 0.490 e. The summed E-state index contributed by atoms with van der Waals surface area (Å²) >= 11 is 0. The molecular weight excluding hydrogens is 368 g/mol. The summed E-state index contributed by atoms with van der Waals surface area (Å²) in [5, 5.41) is 13.1. The molecule has 1 amide bonds. The van der Waals surface area contributed by atoms with Gasteiger partial charge in [0.05, 0.1) is 23.7 Å². The number of carbonyl (C=O) groups excluding carboxylic acids is 2. The molecule has 0 radical (unpaired) electrons. The summed E-state index contributed by atoms with van der Waals surface area (Å²) in [6, 6.07) is 9.90. The van der Waals surface area contributed by atoms with Crippen molar-refractivity contribution >= 4 is 23.3 Å². The van der Waals surface area contributed by atoms with Crippen LogP contribution in [-0.4, -0.2) is 36.6 Å². The van der Waals surface area contributed by atoms with Crippen LogP contribution in [0.2, 0.25) is 0 Å². The number of benzene rings is 2. The van der Waals surface area contributed by atoms with Gasteiger partial charge in [-0.2, -0.15) is 0 Å². The molecule has 28 heavy (non-hydrogen) atoms. The third kappa shape index (κ3) is 5.70. The van der Waals surface area contributed by atoms with E-state index in [0.29, 0.717) is 30.4 Å². The van der Waals surface area contributed by atoms with Gasteiger partial charge in [0.25, 0.3) is 11.6 Å². The zero-order valence-electron chi connectivity index (χ0n) is 15.5. The van der Waals surface area contributed by atoms with E-state index in [2.05, 4.69) is 5.32 Å². The van der Waals surface area contributed by atoms with Crippen LogP contribution in [0.5, 0.6) is 11.5 Å². The van der Waals surface area contributed by atoms with Crippen molar-refractivity contribution in [1.82, 2.24) is 0 Å². The summed E-state index contributed by atoms with van der Waals surface area (Å²) in [6.45, 7) is 3.99. The standard InChI is InChI=1S/C19H20N2O7/c1-3-26-16-10-5-13(11-17(16)27-4-2)19(23)28-12-18(22)20-14-6-8-15(9-7-14)21(24)25/h5-11H,3-4,12H2,1-2H3,(H,20,22). The minimum absolute atomic E-state index is 0.0926. The van der Waals surface area contributed by atoms with Crippen molar-refractivity contribution in [2.75, 3.05) is 25.1 Å². The number of nitro benzene ring substituents is 1. The van der Waals surface area contributed by atoms with Gasteiger partial charge in [-0.05, 0) is 44.2 Å². The number of rotatable bonds is 9. The minimum Gasteiger partial charge on any atom is -0.490 e. The Kier molecular flexibility index (Phi) is 7.32. The second-order valence-electron chi connectivity index (χ2n) is 5.46. The van der Waals surface area contributed by atoms with E-state index >= 15 is 0 Å². The molecule has 9 nitrogen and oxygen atoms in total. The molecule has 0 saturated carbocycles. The number of hydrogen-bond donors (Lipinski definition) is 1. The molecule has 148 valence electrons. The molecule has 0 bridgehead atoms. The maximum absolute atomic E-state index is 12.2. The lowest BCUT2D eigenvalue weighted by Crippen LogP contribution is -2.21. The van der Waals surface area contributed by atoms with E-state index in [9.17, 15) is 19.7 Å². The first-order chi connectivity index (χ1) is 13.4. The average molecular weight is 388 g/mol. The third-order valence-electron chi connectivity index (χ3n) is 3.48. The number of ether oxygens (including phenoxy) is 3. The first kappa shape index (κ1) is 20.7. The Balaban J connectivity index is 1.94. The van der Waals surface area contributed by atoms with E-state index in [1.54, 1.807) is 6.07 Å². The molecule has 0 aromatic heterocycles. The van der Waals surface area contributed by atoms with Crippen LogP contribution in [0.3, 0.4) is 0 Å². The Labute approximate surface area is 161 Å². The number of amides is 1. The lowest BCUT2D eigenvalue weighted by Gasteiger charge is -2.12. The number of anilines is 1. The molecule has 0 spiro atoms. The summed E-state index contributed by atoms with van der Waals surface area (Å²) in [5.74, 6) is -0.341. The topological polar surface area (TPSA) is 117 Å². The van der Waals surface area contributed by atoms with Crippen molar-refractivity contribution in [2.45, 2.75) is 13.8 Å². The van der Waals surface area contributed by atoms with Gasteiger partial charge in [-0.25, -0.2) is 4.79 Å². The van der Waals surface area contributed by atoms with E-state index in [-0.39, 0.29) is 11.3 Å². The zero-order valence-corrected chi connectivity index (χ0v) is 15.5. The fourth-order valence-corrected chi connectivity index (χ4v) is 2.26. The molecule has 2 rings (SSSR count). The smallest absolute Gasteiger partial charge is 0.338 e. The van der Waals surface area contributed by atoms with Gasteiger partial charge in [-0.15, -0.1) is 0 Å². The highest BCUT2D eigenvalue weighted by Gasteiger charge is 2.14. The van der Waals surface area contributed by atoms with E-state index in [0.717, 1.165) is 0 Å². The minimum atomic E-state index is -0.692. The van der Waals surface area contributed by atoms with Gasteiger partial charge in [-0.1, -0.05) is 0 Å². The monoisotopic (exact) mass is 388 g/mol. The van der Waals surface area contributed by atoms with Crippen LogP contribution in [0.4, 0.5) is 11.4 Å². The van der Waals surface area contributed by atoms with Crippen LogP contribution < -0.4 is 14.8 Å². The highest BCUT2D eigenvalue weighted by atomic mass is 16.6. The Morgan fingerprint density at radius 3 is 2.25 bits per heavy atom. The summed E-state index contributed by atoms with van der Waals surface area (Å²) in [6.07, 6.45) is 0. The summed E-state index contributed by atoms with van der Waals surface area (Å²) in [4.78, 5) is 34.2. The van der Waals surface area contributed by atoms with E-state index < -0.39 is 23.4 Å². The molecule has 0 heterocycles. The average Bonchev–Trinajstić information content (AvgIpc) is 2.68. The van der Waals surface area contributed by atoms with Crippen LogP contribution >= 0.6 is 0 Å². The maximum atomic E-state index is 12.2. The van der Waals surface area contributed by atoms with Crippen molar-refractivity contribution < 1.29 is 28.7 Å². The SMILES string of the molecule is CCOc1ccc(C(=O)OCC(=O)Nc2ccc([N+](=O)[O-])cc2)cc1OCC. The number of non-ortho nitro benzene ring substituents is 1. The Hall–Kier alpha value is -3.62. The highest BCUT2D eigenvalue weighted by molar-refractivity contribution is 5.95. The number of nitrogens with one attached hydrogen (secondary N) is 1. The molecule has 0 saturated heterocycles. The second kappa shape index (κ2) is 9.91. The van der Waals surface area contributed by atoms with Gasteiger partial charge in [0.2, 0.25) is 0 Å². The fraction of sp³-hybridized carbons (Fsp3) is 0.263. The molecule has 2 aromatic carbocycles. The van der Waals surface area contributed by atoms with Crippen molar-refractivity contribution in [3.63, 3.8) is 0 Å². The quantitative estimate of drug-likeness (QED) is 0.398. The molecule has 0 aliphatic heterocycles. The first-order valence-electron chi connectivity index (χ1n) is 8.55. The molecule has 0 unspecified atom stereocenters. The number of esters is 1. The Morgan fingerprint density at radius 2 is 1.64 bits per heavy atom. The van der Waals surface area contributed by atoms with Crippen LogP contribution in [0.15, 0.2) is 42.5 Å². The summed E-state index contributed by atoms with van der Waals surface area (Å²) in [7, 11) is 0. The molecule has 0 aliphatic carbocycles. The molecular formula is C19H20N2O7. The Morgan fingerprint density at radius 1 is 1.00 bits per heavy atom. The van der Waals surface area contributed by atoms with Crippen molar-refractivity contribution in [3.05, 3.63) is 58.1 Å². The van der Waals surface area contributed by atoms with Gasteiger partial charge in [-0.3, -0.25) is 14.9 Å². The maximum Gasteiger partial charge on any atom is 0.338 e. The van der Waals surface area contributed by atoms with Crippen LogP contribution in [0.25, 0.3) is 0 Å². The Bertz CT molecular complexity index is 850.